The smallest absolute Gasteiger partial charge is 0.276 e. The number of amides is 1. The van der Waals surface area contributed by atoms with Gasteiger partial charge in [0, 0.05) is 0 Å². The summed E-state index contributed by atoms with van der Waals surface area (Å²) in [5, 5.41) is 3.26. The first kappa shape index (κ1) is 17.8. The van der Waals surface area contributed by atoms with Crippen molar-refractivity contribution >= 4 is 29.3 Å². The molecule has 0 saturated carbocycles. The lowest BCUT2D eigenvalue weighted by Crippen LogP contribution is -2.29. The molecule has 0 aliphatic carbocycles. The molecule has 1 aromatic carbocycles. The third-order valence-electron chi connectivity index (χ3n) is 3.85. The van der Waals surface area contributed by atoms with E-state index in [4.69, 9.17) is 30.8 Å². The molecule has 136 valence electrons. The molecule has 26 heavy (non-hydrogen) atoms. The molecule has 1 fully saturated rings. The van der Waals surface area contributed by atoms with E-state index in [1.807, 2.05) is 0 Å². The van der Waals surface area contributed by atoms with Gasteiger partial charge in [0.05, 0.1) is 34.1 Å². The van der Waals surface area contributed by atoms with Crippen LogP contribution in [-0.2, 0) is 11.3 Å². The first-order valence-corrected chi connectivity index (χ1v) is 8.15. The summed E-state index contributed by atoms with van der Waals surface area (Å²) < 4.78 is 21.3. The van der Waals surface area contributed by atoms with Crippen LogP contribution in [0.5, 0.6) is 17.2 Å². The van der Waals surface area contributed by atoms with Crippen molar-refractivity contribution < 1.29 is 23.4 Å². The highest BCUT2D eigenvalue weighted by atomic mass is 32.1. The summed E-state index contributed by atoms with van der Waals surface area (Å²) in [4.78, 5) is 14.1. The quantitative estimate of drug-likeness (QED) is 0.615. The van der Waals surface area contributed by atoms with Gasteiger partial charge in [0.1, 0.15) is 11.5 Å². The topological polar surface area (TPSA) is 73.2 Å². The fraction of sp³-hybridized carbons (Fsp3) is 0.222. The van der Waals surface area contributed by atoms with Gasteiger partial charge in [0.2, 0.25) is 5.75 Å². The fourth-order valence-electron chi connectivity index (χ4n) is 2.62. The lowest BCUT2D eigenvalue weighted by molar-refractivity contribution is -0.122. The molecule has 0 bridgehead atoms. The summed E-state index contributed by atoms with van der Waals surface area (Å²) in [5.41, 5.74) is 1.06. The average Bonchev–Trinajstić information content (AvgIpc) is 3.25. The number of nitrogens with one attached hydrogen (secondary N) is 1. The van der Waals surface area contributed by atoms with Crippen LogP contribution < -0.4 is 19.5 Å². The van der Waals surface area contributed by atoms with Gasteiger partial charge in [0.25, 0.3) is 5.91 Å². The van der Waals surface area contributed by atoms with Crippen LogP contribution >= 0.6 is 12.2 Å². The number of hydrogen-bond donors (Lipinski definition) is 1. The summed E-state index contributed by atoms with van der Waals surface area (Å²) in [5.74, 6) is 1.90. The van der Waals surface area contributed by atoms with Crippen LogP contribution in [-0.4, -0.2) is 37.2 Å². The van der Waals surface area contributed by atoms with E-state index in [0.29, 0.717) is 39.4 Å². The molecule has 2 heterocycles. The summed E-state index contributed by atoms with van der Waals surface area (Å²) in [6, 6.07) is 7.05. The molecule has 2 aromatic rings. The number of benzene rings is 1. The highest BCUT2D eigenvalue weighted by Gasteiger charge is 2.31. The van der Waals surface area contributed by atoms with E-state index in [9.17, 15) is 4.79 Å². The molecule has 0 atom stereocenters. The van der Waals surface area contributed by atoms with E-state index in [2.05, 4.69) is 5.32 Å². The Bertz CT molecular complexity index is 835. The van der Waals surface area contributed by atoms with Gasteiger partial charge in [0.15, 0.2) is 16.6 Å². The molecule has 7 nitrogen and oxygen atoms in total. The summed E-state index contributed by atoms with van der Waals surface area (Å²) in [6.07, 6.45) is 3.24. The Morgan fingerprint density at radius 2 is 1.88 bits per heavy atom. The van der Waals surface area contributed by atoms with Crippen LogP contribution in [0.15, 0.2) is 40.6 Å². The van der Waals surface area contributed by atoms with E-state index < -0.39 is 0 Å². The third kappa shape index (κ3) is 3.36. The maximum atomic E-state index is 12.7. The minimum Gasteiger partial charge on any atom is -0.493 e. The van der Waals surface area contributed by atoms with Crippen molar-refractivity contribution in [1.29, 1.82) is 0 Å². The molecule has 1 aromatic heterocycles. The standard InChI is InChI=1S/C18H18N2O5S/c1-22-14-8-11(9-15(23-2)16(14)24-3)7-13-17(21)20(18(26)19-13)10-12-5-4-6-25-12/h4-9H,10H2,1-3H3,(H,19,26)/b13-7+. The van der Waals surface area contributed by atoms with Crippen LogP contribution in [0, 0.1) is 0 Å². The molecule has 1 N–H and O–H groups in total. The normalized spacial score (nSPS) is 15.3. The molecular weight excluding hydrogens is 356 g/mol. The van der Waals surface area contributed by atoms with Gasteiger partial charge in [-0.15, -0.1) is 0 Å². The monoisotopic (exact) mass is 374 g/mol. The number of hydrogen-bond acceptors (Lipinski definition) is 6. The Hall–Kier alpha value is -3.00. The molecule has 0 spiro atoms. The number of ether oxygens (including phenoxy) is 3. The maximum Gasteiger partial charge on any atom is 0.276 e. The Morgan fingerprint density at radius 1 is 1.19 bits per heavy atom. The van der Waals surface area contributed by atoms with Crippen LogP contribution in [0.1, 0.15) is 11.3 Å². The van der Waals surface area contributed by atoms with Gasteiger partial charge in [-0.3, -0.25) is 9.69 Å². The van der Waals surface area contributed by atoms with Crippen molar-refractivity contribution in [1.82, 2.24) is 10.2 Å². The van der Waals surface area contributed by atoms with Gasteiger partial charge in [-0.05, 0) is 48.1 Å². The van der Waals surface area contributed by atoms with Crippen LogP contribution in [0.25, 0.3) is 6.08 Å². The average molecular weight is 374 g/mol. The molecule has 8 heteroatoms. The predicted molar refractivity (Wildman–Crippen MR) is 99.1 cm³/mol. The molecule has 1 amide bonds. The number of furan rings is 1. The third-order valence-corrected chi connectivity index (χ3v) is 4.18. The van der Waals surface area contributed by atoms with Crippen molar-refractivity contribution in [3.63, 3.8) is 0 Å². The lowest BCUT2D eigenvalue weighted by atomic mass is 10.1. The minimum atomic E-state index is -0.236. The Kier molecular flexibility index (Phi) is 5.13. The molecule has 1 aliphatic heterocycles. The Balaban J connectivity index is 1.90. The molecule has 0 radical (unpaired) electrons. The zero-order valence-corrected chi connectivity index (χ0v) is 15.4. The van der Waals surface area contributed by atoms with Crippen molar-refractivity contribution in [2.45, 2.75) is 6.54 Å². The molecule has 0 unspecified atom stereocenters. The fourth-order valence-corrected chi connectivity index (χ4v) is 2.88. The van der Waals surface area contributed by atoms with Crippen molar-refractivity contribution in [2.24, 2.45) is 0 Å². The minimum absolute atomic E-state index is 0.236. The van der Waals surface area contributed by atoms with Crippen molar-refractivity contribution in [2.75, 3.05) is 21.3 Å². The second-order valence-electron chi connectivity index (χ2n) is 5.42. The number of carbonyl (C=O) groups excluding carboxylic acids is 1. The molecule has 1 aliphatic rings. The first-order valence-electron chi connectivity index (χ1n) is 7.74. The lowest BCUT2D eigenvalue weighted by Gasteiger charge is -2.13. The van der Waals surface area contributed by atoms with E-state index in [-0.39, 0.29) is 12.5 Å². The highest BCUT2D eigenvalue weighted by Crippen LogP contribution is 2.38. The highest BCUT2D eigenvalue weighted by molar-refractivity contribution is 7.80. The van der Waals surface area contributed by atoms with E-state index in [1.165, 1.54) is 26.2 Å². The summed E-state index contributed by atoms with van der Waals surface area (Å²) in [7, 11) is 4.60. The number of rotatable bonds is 6. The van der Waals surface area contributed by atoms with Crippen molar-refractivity contribution in [3.8, 4) is 17.2 Å². The van der Waals surface area contributed by atoms with Gasteiger partial charge in [-0.25, -0.2) is 0 Å². The Labute approximate surface area is 156 Å². The van der Waals surface area contributed by atoms with Crippen molar-refractivity contribution in [3.05, 3.63) is 47.5 Å². The largest absolute Gasteiger partial charge is 0.493 e. The number of carbonyl (C=O) groups is 1. The first-order chi connectivity index (χ1) is 12.6. The molecule has 1 saturated heterocycles. The number of nitrogens with zero attached hydrogens (tertiary/aromatic N) is 1. The second-order valence-corrected chi connectivity index (χ2v) is 5.80. The SMILES string of the molecule is COc1cc(/C=C2/NC(=S)N(Cc3ccco3)C2=O)cc(OC)c1OC. The van der Waals surface area contributed by atoms with E-state index in [0.717, 1.165) is 0 Å². The van der Waals surface area contributed by atoms with Crippen LogP contribution in [0.4, 0.5) is 0 Å². The summed E-state index contributed by atoms with van der Waals surface area (Å²) in [6.45, 7) is 0.268. The maximum absolute atomic E-state index is 12.7. The van der Waals surface area contributed by atoms with Gasteiger partial charge in [-0.2, -0.15) is 0 Å². The Morgan fingerprint density at radius 3 is 2.42 bits per heavy atom. The van der Waals surface area contributed by atoms with Gasteiger partial charge in [-0.1, -0.05) is 0 Å². The number of thiocarbonyl (C=S) groups is 1. The van der Waals surface area contributed by atoms with Crippen LogP contribution in [0.2, 0.25) is 0 Å². The van der Waals surface area contributed by atoms with E-state index in [1.54, 1.807) is 36.6 Å². The molecule has 3 rings (SSSR count). The molecular formula is C18H18N2O5S. The predicted octanol–water partition coefficient (Wildman–Crippen LogP) is 2.56. The summed E-state index contributed by atoms with van der Waals surface area (Å²) >= 11 is 5.26. The van der Waals surface area contributed by atoms with Gasteiger partial charge < -0.3 is 23.9 Å². The van der Waals surface area contributed by atoms with Crippen LogP contribution in [0.3, 0.4) is 0 Å². The zero-order chi connectivity index (χ0) is 18.7. The zero-order valence-electron chi connectivity index (χ0n) is 14.6. The second kappa shape index (κ2) is 7.49. The number of methoxy groups -OCH3 is 3. The van der Waals surface area contributed by atoms with Gasteiger partial charge >= 0.3 is 0 Å². The van der Waals surface area contributed by atoms with E-state index >= 15 is 0 Å².